The van der Waals surface area contributed by atoms with Crippen molar-refractivity contribution in [3.05, 3.63) is 122 Å². The van der Waals surface area contributed by atoms with Crippen LogP contribution in [0, 0.1) is 27.7 Å². The monoisotopic (exact) mass is 568 g/mol. The Hall–Kier alpha value is -3.48. The third kappa shape index (κ3) is 5.38. The van der Waals surface area contributed by atoms with Crippen molar-refractivity contribution >= 4 is 28.1 Å². The Morgan fingerprint density at radius 1 is 0.974 bits per heavy atom. The van der Waals surface area contributed by atoms with E-state index in [1.807, 2.05) is 24.3 Å². The second kappa shape index (κ2) is 11.1. The normalized spacial score (nSPS) is 13.6. The summed E-state index contributed by atoms with van der Waals surface area (Å²) in [5.74, 6) is -0.223. The molecule has 6 heteroatoms. The van der Waals surface area contributed by atoms with Crippen LogP contribution in [-0.2, 0) is 19.5 Å². The van der Waals surface area contributed by atoms with Crippen molar-refractivity contribution in [2.45, 2.75) is 47.2 Å². The van der Waals surface area contributed by atoms with Gasteiger partial charge in [0.2, 0.25) is 0 Å². The molecule has 1 amide bonds. The molecule has 0 aliphatic carbocycles. The average Bonchev–Trinajstić information content (AvgIpc) is 3.13. The summed E-state index contributed by atoms with van der Waals surface area (Å²) in [6.45, 7) is 11.3. The molecule has 0 saturated carbocycles. The van der Waals surface area contributed by atoms with Crippen LogP contribution in [0.2, 0.25) is 0 Å². The van der Waals surface area contributed by atoms with E-state index in [0.717, 1.165) is 53.2 Å². The topological polar surface area (TPSA) is 49.6 Å². The number of rotatable bonds is 6. The number of carbonyl (C=O) groups excluding carboxylic acids is 1. The number of halogens is 1. The lowest BCUT2D eigenvalue weighted by atomic mass is 9.99. The Labute approximate surface area is 233 Å². The standard InChI is InChI=1S/C32H33BrN4O/c1-21-9-10-22(2)30(17-21)37-23(3)29(31(33)24(37)4)18-34-35-32(38)27-13-11-25(12-14-27)19-36-16-15-26-7-5-6-8-28(26)20-36/h5-14,17-18H,15-16,19-20H2,1-4H3,(H,35,38)/b34-18-. The number of amides is 1. The van der Waals surface area contributed by atoms with Gasteiger partial charge in [0.15, 0.2) is 0 Å². The smallest absolute Gasteiger partial charge is 0.271 e. The van der Waals surface area contributed by atoms with E-state index >= 15 is 0 Å². The van der Waals surface area contributed by atoms with E-state index in [0.29, 0.717) is 5.56 Å². The lowest BCUT2D eigenvalue weighted by Gasteiger charge is -2.28. The molecule has 0 fully saturated rings. The molecule has 1 aliphatic rings. The van der Waals surface area contributed by atoms with Crippen molar-refractivity contribution < 1.29 is 4.79 Å². The number of benzene rings is 3. The molecule has 2 heterocycles. The Kier molecular flexibility index (Phi) is 7.63. The molecule has 1 aliphatic heterocycles. The van der Waals surface area contributed by atoms with Crippen LogP contribution in [0.4, 0.5) is 0 Å². The van der Waals surface area contributed by atoms with Crippen LogP contribution >= 0.6 is 15.9 Å². The van der Waals surface area contributed by atoms with Gasteiger partial charge in [-0.1, -0.05) is 48.5 Å². The first-order valence-electron chi connectivity index (χ1n) is 13.0. The van der Waals surface area contributed by atoms with E-state index in [9.17, 15) is 4.79 Å². The summed E-state index contributed by atoms with van der Waals surface area (Å²) in [6.07, 6.45) is 2.80. The van der Waals surface area contributed by atoms with Gasteiger partial charge in [-0.25, -0.2) is 5.43 Å². The first-order valence-corrected chi connectivity index (χ1v) is 13.8. The summed E-state index contributed by atoms with van der Waals surface area (Å²) in [4.78, 5) is 15.2. The molecule has 0 atom stereocenters. The second-order valence-corrected chi connectivity index (χ2v) is 10.9. The van der Waals surface area contributed by atoms with E-state index in [1.165, 1.54) is 27.8 Å². The molecule has 0 radical (unpaired) electrons. The van der Waals surface area contributed by atoms with Gasteiger partial charge in [0, 0.05) is 52.3 Å². The fraction of sp³-hybridized carbons (Fsp3) is 0.250. The number of carbonyl (C=O) groups is 1. The Morgan fingerprint density at radius 3 is 2.47 bits per heavy atom. The highest BCUT2D eigenvalue weighted by molar-refractivity contribution is 9.10. The first kappa shape index (κ1) is 26.1. The van der Waals surface area contributed by atoms with Crippen molar-refractivity contribution in [2.24, 2.45) is 5.10 Å². The molecule has 194 valence electrons. The van der Waals surface area contributed by atoms with Crippen molar-refractivity contribution in [2.75, 3.05) is 6.54 Å². The van der Waals surface area contributed by atoms with Gasteiger partial charge in [0.05, 0.1) is 6.21 Å². The number of fused-ring (bicyclic) bond motifs is 1. The van der Waals surface area contributed by atoms with E-state index in [-0.39, 0.29) is 5.91 Å². The lowest BCUT2D eigenvalue weighted by molar-refractivity contribution is 0.0955. The summed E-state index contributed by atoms with van der Waals surface area (Å²) < 4.78 is 3.20. The maximum Gasteiger partial charge on any atom is 0.271 e. The molecule has 4 aromatic rings. The van der Waals surface area contributed by atoms with Crippen molar-refractivity contribution in [3.63, 3.8) is 0 Å². The lowest BCUT2D eigenvalue weighted by Crippen LogP contribution is -2.30. The molecule has 0 bridgehead atoms. The molecule has 5 rings (SSSR count). The van der Waals surface area contributed by atoms with Gasteiger partial charge in [0.25, 0.3) is 5.91 Å². The first-order chi connectivity index (χ1) is 18.3. The fourth-order valence-electron chi connectivity index (χ4n) is 5.22. The molecule has 0 spiro atoms. The van der Waals surface area contributed by atoms with Crippen LogP contribution in [-0.4, -0.2) is 28.1 Å². The molecule has 3 aromatic carbocycles. The quantitative estimate of drug-likeness (QED) is 0.205. The minimum atomic E-state index is -0.223. The largest absolute Gasteiger partial charge is 0.316 e. The Bertz CT molecular complexity index is 1520. The van der Waals surface area contributed by atoms with Crippen LogP contribution in [0.1, 0.15) is 55.1 Å². The summed E-state index contributed by atoms with van der Waals surface area (Å²) in [6, 6.07) is 23.0. The fourth-order valence-corrected chi connectivity index (χ4v) is 5.79. The number of hydrogen-bond acceptors (Lipinski definition) is 3. The Balaban J connectivity index is 1.24. The molecule has 0 saturated heterocycles. The summed E-state index contributed by atoms with van der Waals surface area (Å²) in [7, 11) is 0. The third-order valence-electron chi connectivity index (χ3n) is 7.41. The molecule has 5 nitrogen and oxygen atoms in total. The number of nitrogens with zero attached hydrogens (tertiary/aromatic N) is 3. The van der Waals surface area contributed by atoms with Crippen LogP contribution in [0.5, 0.6) is 0 Å². The van der Waals surface area contributed by atoms with Crippen molar-refractivity contribution in [1.29, 1.82) is 0 Å². The number of nitrogens with one attached hydrogen (secondary N) is 1. The molecular formula is C32H33BrN4O. The van der Waals surface area contributed by atoms with Gasteiger partial charge in [0.1, 0.15) is 0 Å². The van der Waals surface area contributed by atoms with Crippen molar-refractivity contribution in [1.82, 2.24) is 14.9 Å². The zero-order valence-electron chi connectivity index (χ0n) is 22.4. The summed E-state index contributed by atoms with van der Waals surface area (Å²) >= 11 is 3.73. The van der Waals surface area contributed by atoms with E-state index < -0.39 is 0 Å². The number of aromatic nitrogens is 1. The van der Waals surface area contributed by atoms with E-state index in [1.54, 1.807) is 6.21 Å². The second-order valence-electron chi connectivity index (χ2n) is 10.1. The highest BCUT2D eigenvalue weighted by atomic mass is 79.9. The van der Waals surface area contributed by atoms with Gasteiger partial charge in [-0.15, -0.1) is 0 Å². The number of aryl methyl sites for hydroxylation is 2. The molecule has 1 aromatic heterocycles. The highest BCUT2D eigenvalue weighted by Crippen LogP contribution is 2.31. The van der Waals surface area contributed by atoms with E-state index in [2.05, 4.69) is 106 Å². The highest BCUT2D eigenvalue weighted by Gasteiger charge is 2.18. The van der Waals surface area contributed by atoms with Gasteiger partial charge in [-0.05, 0) is 96.1 Å². The minimum Gasteiger partial charge on any atom is -0.316 e. The maximum atomic E-state index is 12.8. The van der Waals surface area contributed by atoms with Crippen LogP contribution in [0.25, 0.3) is 5.69 Å². The molecule has 0 unspecified atom stereocenters. The zero-order chi connectivity index (χ0) is 26.8. The SMILES string of the molecule is Cc1ccc(C)c(-n2c(C)c(Br)c(/C=N\NC(=O)c3ccc(CN4CCc5ccccc5C4)cc3)c2C)c1. The Morgan fingerprint density at radius 2 is 1.71 bits per heavy atom. The molecule has 1 N–H and O–H groups in total. The van der Waals surface area contributed by atoms with E-state index in [4.69, 9.17) is 0 Å². The van der Waals surface area contributed by atoms with Crippen LogP contribution in [0.3, 0.4) is 0 Å². The maximum absolute atomic E-state index is 12.8. The van der Waals surface area contributed by atoms with Gasteiger partial charge < -0.3 is 4.57 Å². The van der Waals surface area contributed by atoms with Gasteiger partial charge in [-0.2, -0.15) is 5.10 Å². The predicted molar refractivity (Wildman–Crippen MR) is 158 cm³/mol. The van der Waals surface area contributed by atoms with Crippen molar-refractivity contribution in [3.8, 4) is 5.69 Å². The number of hydrazone groups is 1. The van der Waals surface area contributed by atoms with Gasteiger partial charge in [-0.3, -0.25) is 9.69 Å². The molecule has 38 heavy (non-hydrogen) atoms. The predicted octanol–water partition coefficient (Wildman–Crippen LogP) is 6.80. The average molecular weight is 570 g/mol. The molecular weight excluding hydrogens is 536 g/mol. The third-order valence-corrected chi connectivity index (χ3v) is 8.41. The van der Waals surface area contributed by atoms with Crippen LogP contribution in [0.15, 0.2) is 76.3 Å². The number of hydrogen-bond donors (Lipinski definition) is 1. The van der Waals surface area contributed by atoms with Crippen LogP contribution < -0.4 is 5.43 Å². The zero-order valence-corrected chi connectivity index (χ0v) is 24.0. The summed E-state index contributed by atoms with van der Waals surface area (Å²) in [5, 5.41) is 4.29. The summed E-state index contributed by atoms with van der Waals surface area (Å²) in [5.41, 5.74) is 14.0. The minimum absolute atomic E-state index is 0.223. The van der Waals surface area contributed by atoms with Gasteiger partial charge >= 0.3 is 0 Å².